The van der Waals surface area contributed by atoms with Crippen LogP contribution < -0.4 is 5.11 Å². The molecule has 0 aromatic rings. The van der Waals surface area contributed by atoms with Crippen LogP contribution in [-0.2, 0) is 10.1 Å². The van der Waals surface area contributed by atoms with Gasteiger partial charge in [-0.15, -0.1) is 0 Å². The summed E-state index contributed by atoms with van der Waals surface area (Å²) in [5.74, 6) is -0.810. The molecule has 0 aromatic carbocycles. The van der Waals surface area contributed by atoms with Gasteiger partial charge in [0.05, 0.1) is 19.2 Å². The van der Waals surface area contributed by atoms with Crippen molar-refractivity contribution in [1.82, 2.24) is 0 Å². The Bertz CT molecular complexity index is 467. The van der Waals surface area contributed by atoms with Crippen LogP contribution in [0.1, 0.15) is 33.1 Å². The van der Waals surface area contributed by atoms with E-state index in [1.165, 1.54) is 6.92 Å². The Hall–Kier alpha value is -0.570. The Kier molecular flexibility index (Phi) is 14.6. The Labute approximate surface area is 145 Å². The third kappa shape index (κ3) is 13.8. The van der Waals surface area contributed by atoms with Gasteiger partial charge in [-0.2, -0.15) is 8.42 Å². The summed E-state index contributed by atoms with van der Waals surface area (Å²) in [7, 11) is -5.72. The first-order valence-corrected chi connectivity index (χ1v) is 11.7. The molecule has 0 amide bonds. The van der Waals surface area contributed by atoms with E-state index in [4.69, 9.17) is 19.9 Å². The van der Waals surface area contributed by atoms with E-state index in [1.54, 1.807) is 0 Å². The van der Waals surface area contributed by atoms with Crippen LogP contribution in [0.15, 0.2) is 17.1 Å². The highest BCUT2D eigenvalue weighted by Crippen LogP contribution is 2.56. The van der Waals surface area contributed by atoms with E-state index < -0.39 is 23.3 Å². The van der Waals surface area contributed by atoms with Gasteiger partial charge < -0.3 is 25.4 Å². The molecule has 0 heterocycles. The highest BCUT2D eigenvalue weighted by Gasteiger charge is 2.34. The third-order valence-electron chi connectivity index (χ3n) is 3.07. The standard InChI is InChI=1S/C7H13NO4S.C7H18O3P/c1-6(2)7(9)8-4-3-5-13(10,11)12;1-2-3-4-11(5-8,6-9)7-10/h1,3-5H2,2H3,(H,8,9)(H,10,11,12);8-10H,2-7H2,1H3/q;+1/p-1. The van der Waals surface area contributed by atoms with Crippen LogP contribution in [-0.4, -0.2) is 71.7 Å². The van der Waals surface area contributed by atoms with Crippen LogP contribution in [0.2, 0.25) is 0 Å². The summed E-state index contributed by atoms with van der Waals surface area (Å²) in [5, 5.41) is 37.6. The van der Waals surface area contributed by atoms with Gasteiger partial charge in [-0.25, -0.2) is 0 Å². The van der Waals surface area contributed by atoms with E-state index in [0.717, 1.165) is 19.0 Å². The number of hydrogen-bond donors (Lipinski definition) is 4. The van der Waals surface area contributed by atoms with Gasteiger partial charge >= 0.3 is 0 Å². The molecular weight excluding hydrogens is 357 g/mol. The van der Waals surface area contributed by atoms with Crippen molar-refractivity contribution in [3.05, 3.63) is 12.2 Å². The van der Waals surface area contributed by atoms with E-state index in [9.17, 15) is 13.5 Å². The second-order valence-corrected chi connectivity index (χ2v) is 11.0. The Morgan fingerprint density at radius 2 is 1.67 bits per heavy atom. The second kappa shape index (κ2) is 13.7. The SMILES string of the molecule is C=C(C)C([O-])=NCCCS(=O)(=O)O.CCCC[P+](CO)(CO)CO. The number of aliphatic imine (C=N–C) groups is 1. The molecule has 0 fully saturated rings. The van der Waals surface area contributed by atoms with Gasteiger partial charge in [-0.3, -0.25) is 4.55 Å². The second-order valence-electron chi connectivity index (χ2n) is 5.45. The van der Waals surface area contributed by atoms with E-state index in [2.05, 4.69) is 18.5 Å². The number of unbranched alkanes of at least 4 members (excludes halogenated alkanes) is 1. The number of rotatable bonds is 11. The summed E-state index contributed by atoms with van der Waals surface area (Å²) in [6.07, 6.45) is 2.88. The molecule has 0 bridgehead atoms. The van der Waals surface area contributed by atoms with Gasteiger partial charge in [-0.05, 0) is 31.2 Å². The Morgan fingerprint density at radius 1 is 1.17 bits per heavy atom. The molecule has 0 atom stereocenters. The highest BCUT2D eigenvalue weighted by molar-refractivity contribution is 7.85. The lowest BCUT2D eigenvalue weighted by molar-refractivity contribution is -0.213. The number of nitrogens with zero attached hydrogens (tertiary/aromatic N) is 1. The van der Waals surface area contributed by atoms with Crippen molar-refractivity contribution in [1.29, 1.82) is 0 Å². The first kappa shape index (κ1) is 25.7. The predicted octanol–water partition coefficient (Wildman–Crippen LogP) is 0.253. The lowest BCUT2D eigenvalue weighted by Crippen LogP contribution is -2.19. The van der Waals surface area contributed by atoms with Crippen LogP contribution in [0.5, 0.6) is 0 Å². The van der Waals surface area contributed by atoms with Gasteiger partial charge in [0, 0.05) is 6.54 Å². The van der Waals surface area contributed by atoms with Crippen molar-refractivity contribution in [2.75, 3.05) is 37.5 Å². The van der Waals surface area contributed by atoms with Crippen molar-refractivity contribution in [2.24, 2.45) is 4.99 Å². The van der Waals surface area contributed by atoms with Crippen molar-refractivity contribution < 1.29 is 33.4 Å². The zero-order chi connectivity index (χ0) is 19.2. The van der Waals surface area contributed by atoms with Crippen molar-refractivity contribution in [3.8, 4) is 0 Å². The monoisotopic (exact) mass is 387 g/mol. The maximum Gasteiger partial charge on any atom is 0.264 e. The molecule has 4 N–H and O–H groups in total. The van der Waals surface area contributed by atoms with Gasteiger partial charge in [-0.1, -0.05) is 19.9 Å². The van der Waals surface area contributed by atoms with Gasteiger partial charge in [0.25, 0.3) is 10.1 Å². The zero-order valence-corrected chi connectivity index (χ0v) is 16.1. The zero-order valence-electron chi connectivity index (χ0n) is 14.4. The quantitative estimate of drug-likeness (QED) is 0.130. The van der Waals surface area contributed by atoms with Crippen LogP contribution in [0.4, 0.5) is 0 Å². The summed E-state index contributed by atoms with van der Waals surface area (Å²) in [6, 6.07) is 0. The summed E-state index contributed by atoms with van der Waals surface area (Å²) < 4.78 is 28.8. The van der Waals surface area contributed by atoms with Gasteiger partial charge in [0.15, 0.2) is 19.0 Å². The molecular formula is C14H30NO7PS. The van der Waals surface area contributed by atoms with Crippen LogP contribution >= 0.6 is 7.26 Å². The van der Waals surface area contributed by atoms with Crippen LogP contribution in [0.3, 0.4) is 0 Å². The highest BCUT2D eigenvalue weighted by atomic mass is 32.2. The molecule has 10 heteroatoms. The molecule has 8 nitrogen and oxygen atoms in total. The number of hydrogen-bond acceptors (Lipinski definition) is 7. The summed E-state index contributed by atoms with van der Waals surface area (Å²) in [5.41, 5.74) is 0.312. The van der Waals surface area contributed by atoms with Crippen LogP contribution in [0, 0.1) is 0 Å². The third-order valence-corrected chi connectivity index (χ3v) is 6.94. The minimum absolute atomic E-state index is 0.0278. The Balaban J connectivity index is 0. The normalized spacial score (nSPS) is 12.5. The summed E-state index contributed by atoms with van der Waals surface area (Å²) in [4.78, 5) is 3.51. The first-order valence-electron chi connectivity index (χ1n) is 7.57. The van der Waals surface area contributed by atoms with Gasteiger partial charge in [0.2, 0.25) is 0 Å². The molecule has 0 aliphatic carbocycles. The first-order chi connectivity index (χ1) is 11.1. The summed E-state index contributed by atoms with van der Waals surface area (Å²) in [6.45, 7) is 7.04. The Morgan fingerprint density at radius 3 is 2.00 bits per heavy atom. The minimum atomic E-state index is -3.94. The molecule has 24 heavy (non-hydrogen) atoms. The van der Waals surface area contributed by atoms with Crippen molar-refractivity contribution in [2.45, 2.75) is 33.1 Å². The maximum absolute atomic E-state index is 10.8. The molecule has 0 unspecified atom stereocenters. The fourth-order valence-corrected chi connectivity index (χ4v) is 3.58. The number of aliphatic hydroxyl groups is 3. The molecule has 0 rings (SSSR count). The average molecular weight is 387 g/mol. The number of aliphatic hydroxyl groups excluding tert-OH is 3. The molecule has 144 valence electrons. The molecule has 0 saturated heterocycles. The maximum atomic E-state index is 10.8. The minimum Gasteiger partial charge on any atom is -0.859 e. The fraction of sp³-hybridized carbons (Fsp3) is 0.786. The van der Waals surface area contributed by atoms with Crippen molar-refractivity contribution >= 4 is 23.3 Å². The lowest BCUT2D eigenvalue weighted by atomic mass is 10.3. The largest absolute Gasteiger partial charge is 0.859 e. The van der Waals surface area contributed by atoms with E-state index >= 15 is 0 Å². The molecule has 0 aromatic heterocycles. The molecule has 0 radical (unpaired) electrons. The van der Waals surface area contributed by atoms with E-state index in [1.807, 2.05) is 0 Å². The van der Waals surface area contributed by atoms with Crippen LogP contribution in [0.25, 0.3) is 0 Å². The van der Waals surface area contributed by atoms with Crippen molar-refractivity contribution in [3.63, 3.8) is 0 Å². The molecule has 0 saturated carbocycles. The van der Waals surface area contributed by atoms with E-state index in [0.29, 0.717) is 5.57 Å². The predicted molar refractivity (Wildman–Crippen MR) is 96.1 cm³/mol. The summed E-state index contributed by atoms with van der Waals surface area (Å²) >= 11 is 0. The van der Waals surface area contributed by atoms with E-state index in [-0.39, 0.29) is 37.8 Å². The smallest absolute Gasteiger partial charge is 0.264 e. The molecule has 0 spiro atoms. The molecule has 0 aliphatic heterocycles. The topological polar surface area (TPSA) is 150 Å². The lowest BCUT2D eigenvalue weighted by Gasteiger charge is -2.19. The molecule has 0 aliphatic rings. The fourth-order valence-electron chi connectivity index (χ4n) is 1.40. The van der Waals surface area contributed by atoms with Gasteiger partial charge in [0.1, 0.15) is 0 Å². The average Bonchev–Trinajstić information content (AvgIpc) is 2.53.